The fraction of sp³-hybridized carbons (Fsp3) is 0.545. The molecule has 0 atom stereocenters. The quantitative estimate of drug-likeness (QED) is 0.289. The number of anilines is 1. The van der Waals surface area contributed by atoms with Crippen LogP contribution in [-0.4, -0.2) is 55.7 Å². The third-order valence-electron chi connectivity index (χ3n) is 4.90. The van der Waals surface area contributed by atoms with Gasteiger partial charge in [-0.3, -0.25) is 4.99 Å². The van der Waals surface area contributed by atoms with Gasteiger partial charge in [-0.25, -0.2) is 4.98 Å². The number of halogens is 1. The van der Waals surface area contributed by atoms with E-state index < -0.39 is 0 Å². The monoisotopic (exact) mass is 543 g/mol. The molecule has 0 radical (unpaired) electrons. The summed E-state index contributed by atoms with van der Waals surface area (Å²) in [6.45, 7) is 9.46. The van der Waals surface area contributed by atoms with Crippen LogP contribution in [0.15, 0.2) is 34.6 Å². The Hall–Kier alpha value is -1.55. The van der Waals surface area contributed by atoms with Gasteiger partial charge in [0.05, 0.1) is 12.3 Å². The van der Waals surface area contributed by atoms with E-state index in [4.69, 9.17) is 14.7 Å². The number of aliphatic imine (C=N–C) groups is 1. The summed E-state index contributed by atoms with van der Waals surface area (Å²) in [6, 6.07) is 8.27. The number of aromatic nitrogens is 1. The van der Waals surface area contributed by atoms with Crippen molar-refractivity contribution >= 4 is 46.4 Å². The summed E-state index contributed by atoms with van der Waals surface area (Å²) in [6.07, 6.45) is 3.44. The Morgan fingerprint density at radius 2 is 1.97 bits per heavy atom. The molecule has 1 aliphatic rings. The predicted molar refractivity (Wildman–Crippen MR) is 138 cm³/mol. The minimum Gasteiger partial charge on any atom is -0.494 e. The molecule has 0 saturated carbocycles. The number of hydrogen-bond donors (Lipinski definition) is 1. The molecule has 1 aliphatic heterocycles. The minimum atomic E-state index is 0. The molecule has 0 aliphatic carbocycles. The SMILES string of the molecule is CCNC(=NCCc1csc(N2CCCC2)n1)N(C)Cc1ccc(OCC)cc1.I. The second kappa shape index (κ2) is 13.0. The normalized spacial score (nSPS) is 13.8. The van der Waals surface area contributed by atoms with Crippen LogP contribution in [0, 0.1) is 0 Å². The first-order valence-corrected chi connectivity index (χ1v) is 11.5. The largest absolute Gasteiger partial charge is 0.494 e. The number of rotatable bonds is 9. The smallest absolute Gasteiger partial charge is 0.193 e. The topological polar surface area (TPSA) is 53.0 Å². The van der Waals surface area contributed by atoms with E-state index in [2.05, 4.69) is 46.6 Å². The van der Waals surface area contributed by atoms with Crippen LogP contribution < -0.4 is 15.0 Å². The Morgan fingerprint density at radius 3 is 2.63 bits per heavy atom. The van der Waals surface area contributed by atoms with Gasteiger partial charge in [0.15, 0.2) is 11.1 Å². The summed E-state index contributed by atoms with van der Waals surface area (Å²) in [5, 5.41) is 6.74. The zero-order valence-corrected chi connectivity index (χ0v) is 21.4. The van der Waals surface area contributed by atoms with Gasteiger partial charge in [-0.15, -0.1) is 35.3 Å². The highest BCUT2D eigenvalue weighted by atomic mass is 127. The van der Waals surface area contributed by atoms with Crippen molar-refractivity contribution in [2.24, 2.45) is 4.99 Å². The third-order valence-corrected chi connectivity index (χ3v) is 5.85. The van der Waals surface area contributed by atoms with Gasteiger partial charge in [0.1, 0.15) is 5.75 Å². The van der Waals surface area contributed by atoms with Crippen LogP contribution in [0.1, 0.15) is 37.9 Å². The van der Waals surface area contributed by atoms with Crippen LogP contribution in [0.5, 0.6) is 5.75 Å². The maximum Gasteiger partial charge on any atom is 0.193 e. The predicted octanol–water partition coefficient (Wildman–Crippen LogP) is 4.40. The molecule has 1 saturated heterocycles. The second-order valence-electron chi connectivity index (χ2n) is 7.23. The van der Waals surface area contributed by atoms with Gasteiger partial charge in [-0.2, -0.15) is 0 Å². The lowest BCUT2D eigenvalue weighted by Gasteiger charge is -2.22. The summed E-state index contributed by atoms with van der Waals surface area (Å²) in [5.41, 5.74) is 2.38. The van der Waals surface area contributed by atoms with Crippen LogP contribution in [0.25, 0.3) is 0 Å². The van der Waals surface area contributed by atoms with E-state index in [1.165, 1.54) is 23.5 Å². The molecule has 1 aromatic heterocycles. The first-order chi connectivity index (χ1) is 14.2. The van der Waals surface area contributed by atoms with Crippen LogP contribution in [-0.2, 0) is 13.0 Å². The second-order valence-corrected chi connectivity index (χ2v) is 8.07. The molecule has 30 heavy (non-hydrogen) atoms. The Labute approximate surface area is 201 Å². The molecule has 3 rings (SSSR count). The molecule has 0 spiro atoms. The number of ether oxygens (including phenoxy) is 1. The molecule has 0 unspecified atom stereocenters. The molecular weight excluding hydrogens is 509 g/mol. The highest BCUT2D eigenvalue weighted by Crippen LogP contribution is 2.24. The van der Waals surface area contributed by atoms with Crippen molar-refractivity contribution in [3.63, 3.8) is 0 Å². The van der Waals surface area contributed by atoms with Crippen molar-refractivity contribution in [3.8, 4) is 5.75 Å². The molecule has 0 bridgehead atoms. The molecular formula is C22H34IN5OS. The average Bonchev–Trinajstić information content (AvgIpc) is 3.41. The van der Waals surface area contributed by atoms with E-state index >= 15 is 0 Å². The lowest BCUT2D eigenvalue weighted by Crippen LogP contribution is -2.38. The Balaban J connectivity index is 0.00000320. The summed E-state index contributed by atoms with van der Waals surface area (Å²) in [7, 11) is 2.08. The molecule has 2 heterocycles. The number of hydrogen-bond acceptors (Lipinski definition) is 5. The molecule has 0 amide bonds. The molecule has 1 aromatic carbocycles. The number of nitrogens with one attached hydrogen (secondary N) is 1. The maximum atomic E-state index is 5.52. The van der Waals surface area contributed by atoms with Crippen molar-refractivity contribution in [2.45, 2.75) is 39.7 Å². The van der Waals surface area contributed by atoms with E-state index in [-0.39, 0.29) is 24.0 Å². The van der Waals surface area contributed by atoms with Gasteiger partial charge in [-0.05, 0) is 44.4 Å². The van der Waals surface area contributed by atoms with Crippen LogP contribution in [0.2, 0.25) is 0 Å². The maximum absolute atomic E-state index is 5.52. The zero-order valence-electron chi connectivity index (χ0n) is 18.3. The number of benzene rings is 1. The lowest BCUT2D eigenvalue weighted by molar-refractivity contribution is 0.340. The van der Waals surface area contributed by atoms with Gasteiger partial charge in [0, 0.05) is 51.6 Å². The molecule has 166 valence electrons. The fourth-order valence-electron chi connectivity index (χ4n) is 3.42. The van der Waals surface area contributed by atoms with Crippen molar-refractivity contribution in [1.29, 1.82) is 0 Å². The molecule has 1 fully saturated rings. The van der Waals surface area contributed by atoms with Gasteiger partial charge in [0.25, 0.3) is 0 Å². The summed E-state index contributed by atoms with van der Waals surface area (Å²) in [4.78, 5) is 14.2. The minimum absolute atomic E-state index is 0. The zero-order chi connectivity index (χ0) is 20.5. The van der Waals surface area contributed by atoms with E-state index in [1.807, 2.05) is 19.1 Å². The summed E-state index contributed by atoms with van der Waals surface area (Å²) in [5.74, 6) is 1.84. The van der Waals surface area contributed by atoms with Crippen molar-refractivity contribution in [1.82, 2.24) is 15.2 Å². The van der Waals surface area contributed by atoms with Crippen molar-refractivity contribution in [2.75, 3.05) is 44.7 Å². The van der Waals surface area contributed by atoms with E-state index in [9.17, 15) is 0 Å². The number of thiazole rings is 1. The first-order valence-electron chi connectivity index (χ1n) is 10.6. The standard InChI is InChI=1S/C22H33N5OS.HI/c1-4-23-21(26(3)16-18-8-10-20(11-9-18)28-5-2)24-13-12-19-17-29-22(25-19)27-14-6-7-15-27;/h8-11,17H,4-7,12-16H2,1-3H3,(H,23,24);1H. The number of nitrogens with zero attached hydrogens (tertiary/aromatic N) is 4. The number of guanidine groups is 1. The molecule has 2 aromatic rings. The van der Waals surface area contributed by atoms with Crippen molar-refractivity contribution < 1.29 is 4.74 Å². The van der Waals surface area contributed by atoms with Crippen LogP contribution in [0.3, 0.4) is 0 Å². The Kier molecular flexibility index (Phi) is 10.7. The van der Waals surface area contributed by atoms with E-state index in [1.54, 1.807) is 11.3 Å². The van der Waals surface area contributed by atoms with Gasteiger partial charge in [-0.1, -0.05) is 12.1 Å². The van der Waals surface area contributed by atoms with Crippen LogP contribution in [0.4, 0.5) is 5.13 Å². The van der Waals surface area contributed by atoms with E-state index in [0.717, 1.165) is 56.5 Å². The molecule has 8 heteroatoms. The highest BCUT2D eigenvalue weighted by molar-refractivity contribution is 14.0. The Bertz CT molecular complexity index is 774. The van der Waals surface area contributed by atoms with Gasteiger partial charge >= 0.3 is 0 Å². The Morgan fingerprint density at radius 1 is 1.23 bits per heavy atom. The van der Waals surface area contributed by atoms with Crippen LogP contribution >= 0.6 is 35.3 Å². The first kappa shape index (κ1) is 24.7. The molecule has 6 nitrogen and oxygen atoms in total. The third kappa shape index (κ3) is 7.30. The lowest BCUT2D eigenvalue weighted by atomic mass is 10.2. The fourth-order valence-corrected chi connectivity index (χ4v) is 4.33. The molecule has 1 N–H and O–H groups in total. The summed E-state index contributed by atoms with van der Waals surface area (Å²) < 4.78 is 5.52. The van der Waals surface area contributed by atoms with Crippen molar-refractivity contribution in [3.05, 3.63) is 40.9 Å². The highest BCUT2D eigenvalue weighted by Gasteiger charge is 2.15. The van der Waals surface area contributed by atoms with E-state index in [0.29, 0.717) is 6.61 Å². The van der Waals surface area contributed by atoms with Gasteiger partial charge < -0.3 is 19.9 Å². The summed E-state index contributed by atoms with van der Waals surface area (Å²) >= 11 is 1.76. The average molecular weight is 544 g/mol. The van der Waals surface area contributed by atoms with Gasteiger partial charge in [0.2, 0.25) is 0 Å².